The average molecular weight is 352 g/mol. The molecule has 0 atom stereocenters. The molecular weight excluding hydrogens is 332 g/mol. The Balaban J connectivity index is 1.96. The lowest BCUT2D eigenvalue weighted by Gasteiger charge is -2.12. The summed E-state index contributed by atoms with van der Waals surface area (Å²) in [5.74, 6) is -0.244. The van der Waals surface area contributed by atoms with Gasteiger partial charge in [0.1, 0.15) is 0 Å². The normalized spacial score (nSPS) is 11.6. The molecule has 1 amide bonds. The number of carbonyl (C=O) groups excluding carboxylic acids is 1. The van der Waals surface area contributed by atoms with Crippen molar-refractivity contribution in [2.45, 2.75) is 18.2 Å². The molecule has 0 radical (unpaired) electrons. The maximum atomic E-state index is 12.2. The summed E-state index contributed by atoms with van der Waals surface area (Å²) in [6.07, 6.45) is 0.738. The number of benzene rings is 1. The number of nitrogens with zero attached hydrogens (tertiary/aromatic N) is 1. The molecule has 0 fully saturated rings. The summed E-state index contributed by atoms with van der Waals surface area (Å²) in [4.78, 5) is 12.7. The molecule has 0 aliphatic rings. The summed E-state index contributed by atoms with van der Waals surface area (Å²) in [6.45, 7) is 2.66. The zero-order valence-electron chi connectivity index (χ0n) is 13.2. The van der Waals surface area contributed by atoms with Gasteiger partial charge in [-0.2, -0.15) is 0 Å². The molecule has 7 heteroatoms. The summed E-state index contributed by atoms with van der Waals surface area (Å²) >= 11 is 1.14. The summed E-state index contributed by atoms with van der Waals surface area (Å²) in [5, 5.41) is 4.33. The largest absolute Gasteiger partial charge is 0.351 e. The van der Waals surface area contributed by atoms with Gasteiger partial charge in [0, 0.05) is 25.5 Å². The third-order valence-corrected chi connectivity index (χ3v) is 6.48. The third kappa shape index (κ3) is 4.40. The van der Waals surface area contributed by atoms with Gasteiger partial charge in [0.15, 0.2) is 0 Å². The van der Waals surface area contributed by atoms with Gasteiger partial charge in [-0.15, -0.1) is 11.3 Å². The van der Waals surface area contributed by atoms with Gasteiger partial charge >= 0.3 is 0 Å². The van der Waals surface area contributed by atoms with Crippen molar-refractivity contribution in [3.63, 3.8) is 0 Å². The van der Waals surface area contributed by atoms with Gasteiger partial charge in [-0.1, -0.05) is 37.3 Å². The zero-order chi connectivity index (χ0) is 16.9. The lowest BCUT2D eigenvalue weighted by molar-refractivity contribution is 0.0958. The molecule has 0 aliphatic carbocycles. The van der Waals surface area contributed by atoms with E-state index in [1.165, 1.54) is 22.8 Å². The van der Waals surface area contributed by atoms with E-state index in [1.54, 1.807) is 6.92 Å². The highest BCUT2D eigenvalue weighted by Gasteiger charge is 2.22. The number of rotatable bonds is 7. The van der Waals surface area contributed by atoms with Crippen LogP contribution in [0.25, 0.3) is 0 Å². The number of carbonyl (C=O) groups is 1. The number of sulfonamides is 1. The van der Waals surface area contributed by atoms with Crippen LogP contribution in [0.2, 0.25) is 0 Å². The molecule has 2 aromatic rings. The van der Waals surface area contributed by atoms with E-state index in [2.05, 4.69) is 5.32 Å². The molecule has 1 heterocycles. The minimum atomic E-state index is -3.50. The Morgan fingerprint density at radius 3 is 2.61 bits per heavy atom. The fourth-order valence-electron chi connectivity index (χ4n) is 1.98. The van der Waals surface area contributed by atoms with Crippen LogP contribution in [0.4, 0.5) is 0 Å². The van der Waals surface area contributed by atoms with Crippen molar-refractivity contribution in [1.82, 2.24) is 9.62 Å². The topological polar surface area (TPSA) is 66.5 Å². The number of hydrogen-bond donors (Lipinski definition) is 1. The first kappa shape index (κ1) is 17.7. The average Bonchev–Trinajstić information content (AvgIpc) is 3.05. The minimum Gasteiger partial charge on any atom is -0.351 e. The quantitative estimate of drug-likeness (QED) is 0.832. The van der Waals surface area contributed by atoms with Crippen LogP contribution >= 0.6 is 11.3 Å². The second kappa shape index (κ2) is 7.72. The fourth-order valence-corrected chi connectivity index (χ4v) is 4.33. The van der Waals surface area contributed by atoms with Gasteiger partial charge in [-0.05, 0) is 18.1 Å². The van der Waals surface area contributed by atoms with Crippen molar-refractivity contribution in [3.8, 4) is 0 Å². The lowest BCUT2D eigenvalue weighted by atomic mass is 10.1. The highest BCUT2D eigenvalue weighted by molar-refractivity contribution is 7.89. The fraction of sp³-hybridized carbons (Fsp3) is 0.312. The van der Waals surface area contributed by atoms with E-state index in [0.717, 1.165) is 23.3 Å². The summed E-state index contributed by atoms with van der Waals surface area (Å²) in [5.41, 5.74) is 1.15. The summed E-state index contributed by atoms with van der Waals surface area (Å²) in [6, 6.07) is 11.3. The predicted molar refractivity (Wildman–Crippen MR) is 92.3 cm³/mol. The zero-order valence-corrected chi connectivity index (χ0v) is 14.8. The van der Waals surface area contributed by atoms with Gasteiger partial charge in [0.05, 0.1) is 9.77 Å². The molecular formula is C16H20N2O3S2. The first-order chi connectivity index (χ1) is 10.9. The highest BCUT2D eigenvalue weighted by atomic mass is 32.2. The van der Waals surface area contributed by atoms with Crippen LogP contribution in [-0.2, 0) is 16.4 Å². The van der Waals surface area contributed by atoms with Crippen LogP contribution in [0, 0.1) is 0 Å². The molecule has 1 aromatic carbocycles. The summed E-state index contributed by atoms with van der Waals surface area (Å²) < 4.78 is 25.7. The second-order valence-electron chi connectivity index (χ2n) is 5.06. The van der Waals surface area contributed by atoms with E-state index in [-0.39, 0.29) is 10.8 Å². The lowest BCUT2D eigenvalue weighted by Crippen LogP contribution is -2.26. The maximum absolute atomic E-state index is 12.2. The second-order valence-corrected chi connectivity index (χ2v) is 8.01. The summed E-state index contributed by atoms with van der Waals surface area (Å²) in [7, 11) is -1.98. The van der Waals surface area contributed by atoms with Crippen LogP contribution in [0.15, 0.2) is 46.7 Å². The van der Waals surface area contributed by atoms with Crippen LogP contribution < -0.4 is 5.32 Å². The predicted octanol–water partition coefficient (Wildman–Crippen LogP) is 2.36. The van der Waals surface area contributed by atoms with E-state index in [9.17, 15) is 13.2 Å². The third-order valence-electron chi connectivity index (χ3n) is 3.49. The molecule has 0 unspecified atom stereocenters. The van der Waals surface area contributed by atoms with E-state index in [4.69, 9.17) is 0 Å². The van der Waals surface area contributed by atoms with Crippen molar-refractivity contribution in [2.75, 3.05) is 20.1 Å². The number of thiophene rings is 1. The minimum absolute atomic E-state index is 0.167. The van der Waals surface area contributed by atoms with Crippen LogP contribution in [0.5, 0.6) is 0 Å². The molecule has 2 rings (SSSR count). The van der Waals surface area contributed by atoms with Gasteiger partial charge in [-0.3, -0.25) is 4.79 Å². The molecule has 0 saturated heterocycles. The Labute approximate surface area is 141 Å². The highest BCUT2D eigenvalue weighted by Crippen LogP contribution is 2.21. The maximum Gasteiger partial charge on any atom is 0.261 e. The monoisotopic (exact) mass is 352 g/mol. The number of nitrogens with one attached hydrogen (secondary N) is 1. The first-order valence-electron chi connectivity index (χ1n) is 7.32. The Hall–Kier alpha value is -1.70. The number of hydrogen-bond acceptors (Lipinski definition) is 4. The Kier molecular flexibility index (Phi) is 5.92. The number of amides is 1. The van der Waals surface area contributed by atoms with Crippen LogP contribution in [0.3, 0.4) is 0 Å². The molecule has 0 spiro atoms. The van der Waals surface area contributed by atoms with Crippen molar-refractivity contribution in [2.24, 2.45) is 0 Å². The van der Waals surface area contributed by atoms with Crippen molar-refractivity contribution in [3.05, 3.63) is 52.2 Å². The van der Waals surface area contributed by atoms with Crippen LogP contribution in [-0.4, -0.2) is 38.8 Å². The van der Waals surface area contributed by atoms with Crippen molar-refractivity contribution >= 4 is 27.3 Å². The Morgan fingerprint density at radius 1 is 1.26 bits per heavy atom. The van der Waals surface area contributed by atoms with Gasteiger partial charge < -0.3 is 5.32 Å². The van der Waals surface area contributed by atoms with Crippen LogP contribution in [0.1, 0.15) is 22.2 Å². The molecule has 1 aromatic heterocycles. The van der Waals surface area contributed by atoms with E-state index >= 15 is 0 Å². The van der Waals surface area contributed by atoms with Gasteiger partial charge in [-0.25, -0.2) is 12.7 Å². The van der Waals surface area contributed by atoms with Gasteiger partial charge in [0.2, 0.25) is 10.0 Å². The smallest absolute Gasteiger partial charge is 0.261 e. The Bertz CT molecular complexity index is 755. The first-order valence-corrected chi connectivity index (χ1v) is 9.64. The van der Waals surface area contributed by atoms with E-state index in [1.807, 2.05) is 30.3 Å². The van der Waals surface area contributed by atoms with E-state index in [0.29, 0.717) is 18.0 Å². The van der Waals surface area contributed by atoms with Crippen molar-refractivity contribution in [1.29, 1.82) is 0 Å². The SMILES string of the molecule is CCN(C)S(=O)(=O)c1csc(C(=O)NCCc2ccccc2)c1. The molecule has 124 valence electrons. The molecule has 0 bridgehead atoms. The molecule has 1 N–H and O–H groups in total. The standard InChI is InChI=1S/C16H20N2O3S2/c1-3-18(2)23(20,21)14-11-15(22-12-14)16(19)17-10-9-13-7-5-4-6-8-13/h4-8,11-12H,3,9-10H2,1-2H3,(H,17,19). The molecule has 0 aliphatic heterocycles. The van der Waals surface area contributed by atoms with Crippen molar-refractivity contribution < 1.29 is 13.2 Å². The van der Waals surface area contributed by atoms with Gasteiger partial charge in [0.25, 0.3) is 5.91 Å². The van der Waals surface area contributed by atoms with E-state index < -0.39 is 10.0 Å². The Morgan fingerprint density at radius 2 is 1.96 bits per heavy atom. The molecule has 5 nitrogen and oxygen atoms in total. The molecule has 0 saturated carbocycles. The molecule has 23 heavy (non-hydrogen) atoms.